The maximum atomic E-state index is 13.6. The predicted octanol–water partition coefficient (Wildman–Crippen LogP) is 0.168. The minimum Gasteiger partial charge on any atom is -0.491 e. The first-order chi connectivity index (χ1) is 20.1. The average Bonchev–Trinajstić information content (AvgIpc) is 3.41. The van der Waals surface area contributed by atoms with Crippen LogP contribution in [0, 0.1) is 0 Å². The Kier molecular flexibility index (Phi) is 9.69. The Bertz CT molecular complexity index is 1430. The number of benzene rings is 1. The van der Waals surface area contributed by atoms with Gasteiger partial charge in [-0.1, -0.05) is 6.07 Å². The van der Waals surface area contributed by atoms with Crippen molar-refractivity contribution in [3.8, 4) is 5.75 Å². The molecule has 5 rings (SSSR count). The van der Waals surface area contributed by atoms with Crippen LogP contribution < -0.4 is 19.7 Å². The Balaban J connectivity index is 1.10. The summed E-state index contributed by atoms with van der Waals surface area (Å²) in [6.45, 7) is 3.70. The average molecular weight is 626 g/mol. The maximum absolute atomic E-state index is 13.6. The van der Waals surface area contributed by atoms with E-state index in [-0.39, 0.29) is 29.0 Å². The monoisotopic (exact) mass is 625 g/mol. The maximum Gasteiger partial charge on any atom is 0.246 e. The van der Waals surface area contributed by atoms with Gasteiger partial charge in [-0.15, -0.1) is 0 Å². The minimum absolute atomic E-state index is 0.0115. The summed E-state index contributed by atoms with van der Waals surface area (Å²) in [5.74, 6) is 0.819. The van der Waals surface area contributed by atoms with Crippen molar-refractivity contribution in [3.63, 3.8) is 0 Å². The third-order valence-corrected chi connectivity index (χ3v) is 11.3. The van der Waals surface area contributed by atoms with Crippen LogP contribution in [0.3, 0.4) is 0 Å². The molecule has 3 aliphatic rings. The number of nitrogens with zero attached hydrogens (tertiary/aromatic N) is 3. The second-order valence-electron chi connectivity index (χ2n) is 10.8. The van der Waals surface area contributed by atoms with Crippen molar-refractivity contribution in [2.75, 3.05) is 71.1 Å². The molecule has 13 nitrogen and oxygen atoms in total. The van der Waals surface area contributed by atoms with Crippen molar-refractivity contribution in [2.24, 2.45) is 0 Å². The molecular formula is C27H39N5O8S2. The number of anilines is 1. The largest absolute Gasteiger partial charge is 0.491 e. The first-order valence-electron chi connectivity index (χ1n) is 14.1. The number of morpholine rings is 1. The number of aliphatic hydroxyl groups is 1. The van der Waals surface area contributed by atoms with Gasteiger partial charge in [-0.25, -0.2) is 26.5 Å². The molecule has 42 heavy (non-hydrogen) atoms. The molecule has 3 N–H and O–H groups in total. The lowest BCUT2D eigenvalue weighted by Gasteiger charge is -2.38. The highest BCUT2D eigenvalue weighted by molar-refractivity contribution is 7.89. The molecular weight excluding hydrogens is 586 g/mol. The van der Waals surface area contributed by atoms with E-state index < -0.39 is 31.8 Å². The number of rotatable bonds is 11. The van der Waals surface area contributed by atoms with E-state index >= 15 is 0 Å². The quantitative estimate of drug-likeness (QED) is 0.312. The van der Waals surface area contributed by atoms with Crippen LogP contribution in [0.5, 0.6) is 5.75 Å². The number of hydrogen-bond donors (Lipinski definition) is 3. The van der Waals surface area contributed by atoms with Crippen LogP contribution in [0.1, 0.15) is 19.3 Å². The molecule has 2 aromatic rings. The molecule has 2 unspecified atom stereocenters. The third kappa shape index (κ3) is 7.05. The van der Waals surface area contributed by atoms with Gasteiger partial charge in [-0.05, 0) is 50.6 Å². The number of ether oxygens (including phenoxy) is 3. The van der Waals surface area contributed by atoms with Gasteiger partial charge in [0, 0.05) is 51.0 Å². The second-order valence-corrected chi connectivity index (χ2v) is 14.6. The Morgan fingerprint density at radius 3 is 2.62 bits per heavy atom. The lowest BCUT2D eigenvalue weighted by molar-refractivity contribution is -0.0312. The van der Waals surface area contributed by atoms with Crippen molar-refractivity contribution in [1.29, 1.82) is 0 Å². The van der Waals surface area contributed by atoms with Gasteiger partial charge in [0.2, 0.25) is 20.0 Å². The first kappa shape index (κ1) is 31.1. The SMILES string of the molecule is CNS(=O)(=O)c1cccc(OCC(O)CNC2COC3(CCN(S(=O)(=O)c4cccnc4N4CCOCC4)CC3)C2)c1. The summed E-state index contributed by atoms with van der Waals surface area (Å²) in [5, 5.41) is 13.8. The highest BCUT2D eigenvalue weighted by Gasteiger charge is 2.45. The van der Waals surface area contributed by atoms with Crippen LogP contribution >= 0.6 is 0 Å². The molecule has 3 fully saturated rings. The molecule has 232 valence electrons. The van der Waals surface area contributed by atoms with E-state index in [2.05, 4.69) is 15.0 Å². The zero-order valence-corrected chi connectivity index (χ0v) is 25.3. The molecule has 0 amide bonds. The Morgan fingerprint density at radius 1 is 1.12 bits per heavy atom. The number of aliphatic hydroxyl groups excluding tert-OH is 1. The highest BCUT2D eigenvalue weighted by Crippen LogP contribution is 2.38. The van der Waals surface area contributed by atoms with Crippen LogP contribution in [0.4, 0.5) is 5.82 Å². The van der Waals surface area contributed by atoms with Crippen molar-refractivity contribution in [1.82, 2.24) is 19.3 Å². The predicted molar refractivity (Wildman–Crippen MR) is 155 cm³/mol. The summed E-state index contributed by atoms with van der Waals surface area (Å²) < 4.78 is 72.3. The molecule has 1 aromatic carbocycles. The molecule has 0 saturated carbocycles. The number of hydrogen-bond acceptors (Lipinski definition) is 11. The molecule has 3 saturated heterocycles. The fraction of sp³-hybridized carbons (Fsp3) is 0.593. The summed E-state index contributed by atoms with van der Waals surface area (Å²) in [4.78, 5) is 6.67. The molecule has 15 heteroatoms. The summed E-state index contributed by atoms with van der Waals surface area (Å²) in [5.41, 5.74) is -0.410. The fourth-order valence-corrected chi connectivity index (χ4v) is 7.97. The van der Waals surface area contributed by atoms with Crippen molar-refractivity contribution in [3.05, 3.63) is 42.6 Å². The molecule has 0 aliphatic carbocycles. The Hall–Kier alpha value is -2.37. The van der Waals surface area contributed by atoms with E-state index in [0.29, 0.717) is 76.8 Å². The topological polar surface area (TPSA) is 160 Å². The zero-order chi connectivity index (χ0) is 29.8. The van der Waals surface area contributed by atoms with E-state index in [0.717, 1.165) is 0 Å². The number of piperidine rings is 1. The van der Waals surface area contributed by atoms with Gasteiger partial charge in [0.25, 0.3) is 0 Å². The van der Waals surface area contributed by atoms with Crippen molar-refractivity contribution >= 4 is 25.9 Å². The molecule has 2 atom stereocenters. The van der Waals surface area contributed by atoms with Crippen LogP contribution in [-0.2, 0) is 29.5 Å². The van der Waals surface area contributed by atoms with Crippen molar-refractivity contribution < 1.29 is 36.2 Å². The number of nitrogens with one attached hydrogen (secondary N) is 2. The summed E-state index contributed by atoms with van der Waals surface area (Å²) in [7, 11) is -5.98. The van der Waals surface area contributed by atoms with Crippen LogP contribution in [-0.4, -0.2) is 115 Å². The summed E-state index contributed by atoms with van der Waals surface area (Å²) in [6, 6.07) is 9.38. The van der Waals surface area contributed by atoms with E-state index in [1.807, 2.05) is 4.90 Å². The van der Waals surface area contributed by atoms with Crippen LogP contribution in [0.15, 0.2) is 52.4 Å². The van der Waals surface area contributed by atoms with E-state index in [9.17, 15) is 21.9 Å². The van der Waals surface area contributed by atoms with E-state index in [4.69, 9.17) is 14.2 Å². The highest BCUT2D eigenvalue weighted by atomic mass is 32.2. The van der Waals surface area contributed by atoms with Gasteiger partial charge in [0.05, 0.1) is 30.3 Å². The third-order valence-electron chi connectivity index (χ3n) is 7.99. The second kappa shape index (κ2) is 13.1. The van der Waals surface area contributed by atoms with Gasteiger partial charge in [-0.3, -0.25) is 0 Å². The smallest absolute Gasteiger partial charge is 0.246 e. The summed E-state index contributed by atoms with van der Waals surface area (Å²) >= 11 is 0. The lowest BCUT2D eigenvalue weighted by Crippen LogP contribution is -2.47. The van der Waals surface area contributed by atoms with E-state index in [1.54, 1.807) is 30.5 Å². The Labute approximate surface area is 247 Å². The molecule has 3 aliphatic heterocycles. The van der Waals surface area contributed by atoms with Gasteiger partial charge in [-0.2, -0.15) is 4.31 Å². The van der Waals surface area contributed by atoms with Crippen molar-refractivity contribution in [2.45, 2.75) is 46.8 Å². The normalized spacial score (nSPS) is 22.3. The first-order valence-corrected chi connectivity index (χ1v) is 17.0. The molecule has 1 spiro atoms. The Morgan fingerprint density at radius 2 is 1.88 bits per heavy atom. The van der Waals surface area contributed by atoms with Gasteiger partial charge in [0.15, 0.2) is 0 Å². The molecule has 1 aromatic heterocycles. The molecule has 0 radical (unpaired) electrons. The number of pyridine rings is 1. The van der Waals surface area contributed by atoms with Gasteiger partial charge in [0.1, 0.15) is 29.2 Å². The van der Waals surface area contributed by atoms with Crippen LogP contribution in [0.2, 0.25) is 0 Å². The number of aromatic nitrogens is 1. The zero-order valence-electron chi connectivity index (χ0n) is 23.6. The number of sulfonamides is 2. The lowest BCUT2D eigenvalue weighted by atomic mass is 9.88. The van der Waals surface area contributed by atoms with Crippen LogP contribution in [0.25, 0.3) is 0 Å². The standard InChI is InChI=1S/C27H39N5O8S2/c1-28-41(34,35)24-5-2-4-23(16-24)39-20-22(33)18-30-21-17-27(40-19-21)7-10-32(11-8-27)42(36,37)25-6-3-9-29-26(25)31-12-14-38-15-13-31/h2-6,9,16,21-22,28,30,33H,7-8,10-15,17-20H2,1H3. The fourth-order valence-electron chi connectivity index (χ4n) is 5.60. The van der Waals surface area contributed by atoms with Gasteiger partial charge >= 0.3 is 0 Å². The van der Waals surface area contributed by atoms with E-state index in [1.165, 1.54) is 23.5 Å². The van der Waals surface area contributed by atoms with Gasteiger partial charge < -0.3 is 29.5 Å². The minimum atomic E-state index is -3.73. The molecule has 0 bridgehead atoms. The molecule has 4 heterocycles. The summed E-state index contributed by atoms with van der Waals surface area (Å²) in [6.07, 6.45) is 2.67.